The zero-order valence-corrected chi connectivity index (χ0v) is 12.5. The van der Waals surface area contributed by atoms with E-state index in [0.29, 0.717) is 16.8 Å². The maximum absolute atomic E-state index is 12.1. The zero-order valence-electron chi connectivity index (χ0n) is 12.5. The van der Waals surface area contributed by atoms with E-state index in [1.54, 1.807) is 36.4 Å². The van der Waals surface area contributed by atoms with Crippen LogP contribution >= 0.6 is 0 Å². The van der Waals surface area contributed by atoms with Gasteiger partial charge in [0.2, 0.25) is 0 Å². The van der Waals surface area contributed by atoms with E-state index in [-0.39, 0.29) is 17.6 Å². The third-order valence-corrected chi connectivity index (χ3v) is 3.27. The molecule has 0 saturated carbocycles. The minimum atomic E-state index is -0.155. The first-order valence-electron chi connectivity index (χ1n) is 6.99. The number of anilines is 1. The highest BCUT2D eigenvalue weighted by molar-refractivity contribution is 6.04. The Labute approximate surface area is 125 Å². The van der Waals surface area contributed by atoms with Crippen LogP contribution in [-0.4, -0.2) is 11.7 Å². The Balaban J connectivity index is 2.08. The number of nitrogens with one attached hydrogen (secondary N) is 1. The molecular formula is C18H19NO2. The fourth-order valence-electron chi connectivity index (χ4n) is 1.96. The highest BCUT2D eigenvalue weighted by atomic mass is 16.1. The van der Waals surface area contributed by atoms with E-state index < -0.39 is 0 Å². The van der Waals surface area contributed by atoms with Crippen molar-refractivity contribution in [2.45, 2.75) is 20.8 Å². The zero-order chi connectivity index (χ0) is 15.4. The molecule has 3 nitrogen and oxygen atoms in total. The average molecular weight is 281 g/mol. The summed E-state index contributed by atoms with van der Waals surface area (Å²) >= 11 is 0. The van der Waals surface area contributed by atoms with Crippen LogP contribution in [0.15, 0.2) is 48.5 Å². The Kier molecular flexibility index (Phi) is 4.53. The molecule has 21 heavy (non-hydrogen) atoms. The Morgan fingerprint density at radius 2 is 1.38 bits per heavy atom. The van der Waals surface area contributed by atoms with Crippen molar-refractivity contribution in [3.63, 3.8) is 0 Å². The molecule has 0 heterocycles. The molecule has 1 N–H and O–H groups in total. The van der Waals surface area contributed by atoms with Crippen LogP contribution in [0.4, 0.5) is 5.69 Å². The second-order valence-corrected chi connectivity index (χ2v) is 5.42. The van der Waals surface area contributed by atoms with Crippen molar-refractivity contribution < 1.29 is 9.59 Å². The summed E-state index contributed by atoms with van der Waals surface area (Å²) in [7, 11) is 0. The highest BCUT2D eigenvalue weighted by Gasteiger charge is 2.10. The van der Waals surface area contributed by atoms with Gasteiger partial charge in [-0.1, -0.05) is 31.5 Å². The molecule has 0 aliphatic rings. The fourth-order valence-corrected chi connectivity index (χ4v) is 1.96. The molecule has 0 atom stereocenters. The molecule has 0 aromatic heterocycles. The summed E-state index contributed by atoms with van der Waals surface area (Å²) in [6.45, 7) is 5.72. The standard InChI is InChI=1S/C18H19NO2/c1-12(2)17(20)14-8-10-16(11-9-14)19-18(21)15-6-4-13(3)5-7-15/h4-12H,1-3H3,(H,19,21). The SMILES string of the molecule is Cc1ccc(C(=O)Nc2ccc(C(=O)C(C)C)cc2)cc1. The summed E-state index contributed by atoms with van der Waals surface area (Å²) < 4.78 is 0. The lowest BCUT2D eigenvalue weighted by molar-refractivity contribution is 0.0939. The second kappa shape index (κ2) is 6.35. The summed E-state index contributed by atoms with van der Waals surface area (Å²) in [5.74, 6) is -0.0812. The number of amides is 1. The molecule has 2 aromatic rings. The minimum Gasteiger partial charge on any atom is -0.322 e. The maximum atomic E-state index is 12.1. The summed E-state index contributed by atoms with van der Waals surface area (Å²) in [4.78, 5) is 23.9. The van der Waals surface area contributed by atoms with Gasteiger partial charge in [0.1, 0.15) is 0 Å². The topological polar surface area (TPSA) is 46.2 Å². The van der Waals surface area contributed by atoms with E-state index in [9.17, 15) is 9.59 Å². The van der Waals surface area contributed by atoms with Gasteiger partial charge in [0, 0.05) is 22.7 Å². The summed E-state index contributed by atoms with van der Waals surface area (Å²) in [5, 5.41) is 2.82. The van der Waals surface area contributed by atoms with Crippen LogP contribution in [0.1, 0.15) is 40.1 Å². The molecule has 0 bridgehead atoms. The van der Waals surface area contributed by atoms with Gasteiger partial charge in [-0.15, -0.1) is 0 Å². The van der Waals surface area contributed by atoms with Crippen LogP contribution < -0.4 is 5.32 Å². The lowest BCUT2D eigenvalue weighted by Gasteiger charge is -2.08. The van der Waals surface area contributed by atoms with Crippen molar-refractivity contribution in [2.24, 2.45) is 5.92 Å². The number of ketones is 1. The quantitative estimate of drug-likeness (QED) is 0.858. The normalized spacial score (nSPS) is 10.5. The first-order valence-corrected chi connectivity index (χ1v) is 6.99. The molecule has 108 valence electrons. The van der Waals surface area contributed by atoms with Gasteiger partial charge in [-0.2, -0.15) is 0 Å². The van der Waals surface area contributed by atoms with Crippen molar-refractivity contribution in [2.75, 3.05) is 5.32 Å². The van der Waals surface area contributed by atoms with Crippen LogP contribution in [0.2, 0.25) is 0 Å². The van der Waals surface area contributed by atoms with Crippen molar-refractivity contribution >= 4 is 17.4 Å². The molecule has 0 fully saturated rings. The minimum absolute atomic E-state index is 0.0296. The van der Waals surface area contributed by atoms with Gasteiger partial charge in [0.15, 0.2) is 5.78 Å². The monoisotopic (exact) mass is 281 g/mol. The molecule has 3 heteroatoms. The number of rotatable bonds is 4. The molecule has 0 spiro atoms. The molecule has 2 rings (SSSR count). The number of carbonyl (C=O) groups excluding carboxylic acids is 2. The molecular weight excluding hydrogens is 262 g/mol. The molecule has 0 aliphatic heterocycles. The van der Waals surface area contributed by atoms with Crippen molar-refractivity contribution in [3.8, 4) is 0 Å². The van der Waals surface area contributed by atoms with Crippen molar-refractivity contribution in [1.29, 1.82) is 0 Å². The second-order valence-electron chi connectivity index (χ2n) is 5.42. The Bertz CT molecular complexity index is 640. The van der Waals surface area contributed by atoms with Crippen LogP contribution in [0.3, 0.4) is 0 Å². The first kappa shape index (κ1) is 15.0. The van der Waals surface area contributed by atoms with Crippen LogP contribution in [0.5, 0.6) is 0 Å². The number of carbonyl (C=O) groups is 2. The third-order valence-electron chi connectivity index (χ3n) is 3.27. The average Bonchev–Trinajstić information content (AvgIpc) is 2.47. The Morgan fingerprint density at radius 3 is 1.90 bits per heavy atom. The van der Waals surface area contributed by atoms with E-state index >= 15 is 0 Å². The van der Waals surface area contributed by atoms with Crippen LogP contribution in [0, 0.1) is 12.8 Å². The van der Waals surface area contributed by atoms with Gasteiger partial charge < -0.3 is 5.32 Å². The van der Waals surface area contributed by atoms with E-state index in [2.05, 4.69) is 5.32 Å². The molecule has 2 aromatic carbocycles. The Hall–Kier alpha value is -2.42. The molecule has 0 aliphatic carbocycles. The highest BCUT2D eigenvalue weighted by Crippen LogP contribution is 2.14. The summed E-state index contributed by atoms with van der Waals surface area (Å²) in [5.41, 5.74) is 3.07. The lowest BCUT2D eigenvalue weighted by atomic mass is 10.0. The number of Topliss-reactive ketones (excluding diaryl/α,β-unsaturated/α-hetero) is 1. The van der Waals surface area contributed by atoms with E-state index in [0.717, 1.165) is 5.56 Å². The lowest BCUT2D eigenvalue weighted by Crippen LogP contribution is -2.12. The number of benzene rings is 2. The first-order chi connectivity index (χ1) is 9.97. The van der Waals surface area contributed by atoms with Gasteiger partial charge in [-0.3, -0.25) is 9.59 Å². The fraction of sp³-hybridized carbons (Fsp3) is 0.222. The molecule has 1 amide bonds. The van der Waals surface area contributed by atoms with Crippen molar-refractivity contribution in [1.82, 2.24) is 0 Å². The van der Waals surface area contributed by atoms with E-state index in [1.807, 2.05) is 32.9 Å². The summed E-state index contributed by atoms with van der Waals surface area (Å²) in [6, 6.07) is 14.4. The smallest absolute Gasteiger partial charge is 0.255 e. The molecule has 0 radical (unpaired) electrons. The van der Waals surface area contributed by atoms with Gasteiger partial charge in [0.05, 0.1) is 0 Å². The molecule has 0 saturated heterocycles. The van der Waals surface area contributed by atoms with Gasteiger partial charge in [-0.05, 0) is 43.3 Å². The summed E-state index contributed by atoms with van der Waals surface area (Å²) in [6.07, 6.45) is 0. The maximum Gasteiger partial charge on any atom is 0.255 e. The van der Waals surface area contributed by atoms with Crippen LogP contribution in [-0.2, 0) is 0 Å². The number of aryl methyl sites for hydroxylation is 1. The van der Waals surface area contributed by atoms with Gasteiger partial charge in [0.25, 0.3) is 5.91 Å². The Morgan fingerprint density at radius 1 is 0.857 bits per heavy atom. The largest absolute Gasteiger partial charge is 0.322 e. The van der Waals surface area contributed by atoms with Gasteiger partial charge >= 0.3 is 0 Å². The van der Waals surface area contributed by atoms with Crippen molar-refractivity contribution in [3.05, 3.63) is 65.2 Å². The third kappa shape index (κ3) is 3.78. The number of hydrogen-bond donors (Lipinski definition) is 1. The predicted octanol–water partition coefficient (Wildman–Crippen LogP) is 4.09. The van der Waals surface area contributed by atoms with Crippen LogP contribution in [0.25, 0.3) is 0 Å². The van der Waals surface area contributed by atoms with E-state index in [1.165, 1.54) is 0 Å². The molecule has 0 unspecified atom stereocenters. The number of hydrogen-bond acceptors (Lipinski definition) is 2. The predicted molar refractivity (Wildman–Crippen MR) is 84.7 cm³/mol. The van der Waals surface area contributed by atoms with E-state index in [4.69, 9.17) is 0 Å². The van der Waals surface area contributed by atoms with Gasteiger partial charge in [-0.25, -0.2) is 0 Å².